The molecule has 0 saturated heterocycles. The molecule has 1 aliphatic rings. The molecule has 0 aliphatic heterocycles. The minimum Gasteiger partial charge on any atom is -0.322 e. The summed E-state index contributed by atoms with van der Waals surface area (Å²) in [4.78, 5) is 23.7. The predicted molar refractivity (Wildman–Crippen MR) is 92.9 cm³/mol. The maximum Gasteiger partial charge on any atom is 0.258 e. The van der Waals surface area contributed by atoms with Crippen molar-refractivity contribution in [3.63, 3.8) is 0 Å². The van der Waals surface area contributed by atoms with E-state index >= 15 is 0 Å². The Balaban J connectivity index is 1.71. The number of halogens is 1. The maximum absolute atomic E-state index is 13.7. The van der Waals surface area contributed by atoms with Crippen LogP contribution in [0, 0.1) is 5.82 Å². The van der Waals surface area contributed by atoms with E-state index in [2.05, 4.69) is 22.3 Å². The van der Waals surface area contributed by atoms with Gasteiger partial charge >= 0.3 is 0 Å². The number of carbonyl (C=O) groups excluding carboxylic acids is 2. The first kappa shape index (κ1) is 16.9. The van der Waals surface area contributed by atoms with Crippen molar-refractivity contribution < 1.29 is 14.0 Å². The lowest BCUT2D eigenvalue weighted by molar-refractivity contribution is -0.111. The van der Waals surface area contributed by atoms with Crippen LogP contribution in [0.1, 0.15) is 42.1 Å². The summed E-state index contributed by atoms with van der Waals surface area (Å²) in [6.07, 6.45) is 8.82. The Morgan fingerprint density at radius 3 is 2.76 bits per heavy atom. The van der Waals surface area contributed by atoms with Crippen LogP contribution >= 0.6 is 0 Å². The average Bonchev–Trinajstić information content (AvgIpc) is 3.28. The van der Waals surface area contributed by atoms with Crippen molar-refractivity contribution in [3.8, 4) is 0 Å². The van der Waals surface area contributed by atoms with Crippen LogP contribution in [-0.2, 0) is 4.79 Å². The predicted octanol–water partition coefficient (Wildman–Crippen LogP) is 3.51. The number of benzene rings is 1. The van der Waals surface area contributed by atoms with Gasteiger partial charge in [-0.1, -0.05) is 19.4 Å². The van der Waals surface area contributed by atoms with Gasteiger partial charge in [-0.15, -0.1) is 0 Å². The summed E-state index contributed by atoms with van der Waals surface area (Å²) < 4.78 is 15.6. The fourth-order valence-corrected chi connectivity index (χ4v) is 2.91. The topological polar surface area (TPSA) is 76.0 Å². The van der Waals surface area contributed by atoms with Crippen LogP contribution in [0.3, 0.4) is 0 Å². The van der Waals surface area contributed by atoms with Gasteiger partial charge in [-0.25, -0.2) is 4.39 Å². The molecule has 0 unspecified atom stereocenters. The van der Waals surface area contributed by atoms with E-state index in [-0.39, 0.29) is 11.6 Å². The molecule has 0 atom stereocenters. The first-order chi connectivity index (χ1) is 12.1. The fraction of sp³-hybridized carbons (Fsp3) is 0.278. The summed E-state index contributed by atoms with van der Waals surface area (Å²) in [6, 6.07) is 4.32. The van der Waals surface area contributed by atoms with Gasteiger partial charge in [0, 0.05) is 11.9 Å². The highest BCUT2D eigenvalue weighted by atomic mass is 19.1. The van der Waals surface area contributed by atoms with Gasteiger partial charge in [0.25, 0.3) is 5.91 Å². The minimum atomic E-state index is -0.595. The van der Waals surface area contributed by atoms with E-state index in [9.17, 15) is 14.0 Å². The van der Waals surface area contributed by atoms with Gasteiger partial charge in [-0.3, -0.25) is 14.3 Å². The second-order valence-corrected chi connectivity index (χ2v) is 5.99. The van der Waals surface area contributed by atoms with Crippen molar-refractivity contribution in [2.24, 2.45) is 0 Å². The molecule has 3 rings (SSSR count). The van der Waals surface area contributed by atoms with Crippen LogP contribution in [0.15, 0.2) is 43.2 Å². The van der Waals surface area contributed by atoms with E-state index in [0.29, 0.717) is 17.3 Å². The summed E-state index contributed by atoms with van der Waals surface area (Å²) in [7, 11) is 0. The Bertz CT molecular complexity index is 809. The van der Waals surface area contributed by atoms with Gasteiger partial charge in [0.1, 0.15) is 5.82 Å². The third-order valence-corrected chi connectivity index (χ3v) is 4.23. The van der Waals surface area contributed by atoms with E-state index in [1.165, 1.54) is 37.2 Å². The lowest BCUT2D eigenvalue weighted by Crippen LogP contribution is -2.13. The van der Waals surface area contributed by atoms with Crippen molar-refractivity contribution >= 4 is 23.2 Å². The number of nitrogens with one attached hydrogen (secondary N) is 2. The summed E-state index contributed by atoms with van der Waals surface area (Å²) in [5, 5.41) is 9.31. The first-order valence-electron chi connectivity index (χ1n) is 8.15. The molecule has 1 saturated carbocycles. The van der Waals surface area contributed by atoms with Gasteiger partial charge in [-0.2, -0.15) is 5.10 Å². The van der Waals surface area contributed by atoms with E-state index in [4.69, 9.17) is 0 Å². The summed E-state index contributed by atoms with van der Waals surface area (Å²) in [5.41, 5.74) is 0.789. The van der Waals surface area contributed by atoms with Gasteiger partial charge in [0.05, 0.1) is 23.5 Å². The second-order valence-electron chi connectivity index (χ2n) is 5.99. The molecule has 1 aromatic carbocycles. The standard InChI is InChI=1S/C18H19FN4O2/c1-2-17(24)22-16-9-13(7-8-15(16)19)21-18(25)12-10-20-23(11-12)14-5-3-4-6-14/h2,7-11,14H,1,3-6H2,(H,21,25)(H,22,24). The smallest absolute Gasteiger partial charge is 0.258 e. The zero-order chi connectivity index (χ0) is 17.8. The van der Waals surface area contributed by atoms with Crippen molar-refractivity contribution in [1.29, 1.82) is 0 Å². The largest absolute Gasteiger partial charge is 0.322 e. The maximum atomic E-state index is 13.7. The Morgan fingerprint density at radius 2 is 2.04 bits per heavy atom. The molecular weight excluding hydrogens is 323 g/mol. The molecule has 1 heterocycles. The van der Waals surface area contributed by atoms with Gasteiger partial charge < -0.3 is 10.6 Å². The average molecular weight is 342 g/mol. The monoisotopic (exact) mass is 342 g/mol. The van der Waals surface area contributed by atoms with E-state index in [1.807, 2.05) is 4.68 Å². The van der Waals surface area contributed by atoms with Crippen LogP contribution in [-0.4, -0.2) is 21.6 Å². The molecule has 2 aromatic rings. The Hall–Kier alpha value is -2.96. The quantitative estimate of drug-likeness (QED) is 0.817. The lowest BCUT2D eigenvalue weighted by Gasteiger charge is -2.09. The molecule has 6 nitrogen and oxygen atoms in total. The lowest BCUT2D eigenvalue weighted by atomic mass is 10.2. The molecule has 1 aromatic heterocycles. The zero-order valence-electron chi connectivity index (χ0n) is 13.7. The fourth-order valence-electron chi connectivity index (χ4n) is 2.91. The molecular formula is C18H19FN4O2. The van der Waals surface area contributed by atoms with Crippen molar-refractivity contribution in [1.82, 2.24) is 9.78 Å². The van der Waals surface area contributed by atoms with Crippen molar-refractivity contribution in [2.75, 3.05) is 10.6 Å². The number of nitrogens with zero attached hydrogens (tertiary/aromatic N) is 2. The SMILES string of the molecule is C=CC(=O)Nc1cc(NC(=O)c2cnn(C3CCCC3)c2)ccc1F. The van der Waals surface area contributed by atoms with Crippen molar-refractivity contribution in [3.05, 3.63) is 54.6 Å². The van der Waals surface area contributed by atoms with Gasteiger partial charge in [0.2, 0.25) is 5.91 Å². The summed E-state index contributed by atoms with van der Waals surface area (Å²) >= 11 is 0. The Morgan fingerprint density at radius 1 is 1.28 bits per heavy atom. The third-order valence-electron chi connectivity index (χ3n) is 4.23. The summed E-state index contributed by atoms with van der Waals surface area (Å²) in [5.74, 6) is -1.46. The van der Waals surface area contributed by atoms with E-state index in [0.717, 1.165) is 18.9 Å². The van der Waals surface area contributed by atoms with Crippen LogP contribution in [0.5, 0.6) is 0 Å². The number of carbonyl (C=O) groups is 2. The number of anilines is 2. The van der Waals surface area contributed by atoms with Crippen LogP contribution < -0.4 is 10.6 Å². The minimum absolute atomic E-state index is 0.0237. The highest BCUT2D eigenvalue weighted by molar-refractivity contribution is 6.04. The molecule has 0 spiro atoms. The molecule has 130 valence electrons. The first-order valence-corrected chi connectivity index (χ1v) is 8.15. The zero-order valence-corrected chi connectivity index (χ0v) is 13.7. The molecule has 0 bridgehead atoms. The number of hydrogen-bond donors (Lipinski definition) is 2. The van der Waals surface area contributed by atoms with Gasteiger partial charge in [-0.05, 0) is 37.1 Å². The number of rotatable bonds is 5. The van der Waals surface area contributed by atoms with Crippen LogP contribution in [0.2, 0.25) is 0 Å². The Labute approximate surface area is 144 Å². The molecule has 7 heteroatoms. The molecule has 2 amide bonds. The summed E-state index contributed by atoms with van der Waals surface area (Å²) in [6.45, 7) is 3.32. The molecule has 25 heavy (non-hydrogen) atoms. The second kappa shape index (κ2) is 7.29. The highest BCUT2D eigenvalue weighted by Crippen LogP contribution is 2.29. The van der Waals surface area contributed by atoms with Crippen LogP contribution in [0.4, 0.5) is 15.8 Å². The molecule has 2 N–H and O–H groups in total. The van der Waals surface area contributed by atoms with E-state index in [1.54, 1.807) is 6.20 Å². The highest BCUT2D eigenvalue weighted by Gasteiger charge is 2.19. The number of amides is 2. The van der Waals surface area contributed by atoms with E-state index < -0.39 is 11.7 Å². The molecule has 1 fully saturated rings. The normalized spacial score (nSPS) is 14.3. The third kappa shape index (κ3) is 3.93. The molecule has 0 radical (unpaired) electrons. The number of aromatic nitrogens is 2. The van der Waals surface area contributed by atoms with Gasteiger partial charge in [0.15, 0.2) is 0 Å². The Kier molecular flexibility index (Phi) is 4.92. The van der Waals surface area contributed by atoms with Crippen LogP contribution in [0.25, 0.3) is 0 Å². The number of hydrogen-bond acceptors (Lipinski definition) is 3. The van der Waals surface area contributed by atoms with Crippen molar-refractivity contribution in [2.45, 2.75) is 31.7 Å². The molecule has 1 aliphatic carbocycles.